The van der Waals surface area contributed by atoms with E-state index in [0.29, 0.717) is 11.5 Å². The van der Waals surface area contributed by atoms with Crippen LogP contribution in [0.25, 0.3) is 22.1 Å². The molecule has 0 bridgehead atoms. The molecule has 0 radical (unpaired) electrons. The number of likely N-dealkylation sites (tertiary alicyclic amines) is 1. The van der Waals surface area contributed by atoms with E-state index in [-0.39, 0.29) is 5.91 Å². The summed E-state index contributed by atoms with van der Waals surface area (Å²) in [5.41, 5.74) is 1.35. The van der Waals surface area contributed by atoms with Crippen molar-refractivity contribution in [2.45, 2.75) is 32.1 Å². The molecule has 25 heavy (non-hydrogen) atoms. The number of rotatable bonds is 2. The van der Waals surface area contributed by atoms with Crippen LogP contribution in [0, 0.1) is 0 Å². The minimum atomic E-state index is -0.0160. The summed E-state index contributed by atoms with van der Waals surface area (Å²) in [7, 11) is 0. The molecule has 4 rings (SSSR count). The predicted molar refractivity (Wildman–Crippen MR) is 98.4 cm³/mol. The molecule has 1 saturated heterocycles. The van der Waals surface area contributed by atoms with E-state index in [1.54, 1.807) is 6.07 Å². The quantitative estimate of drug-likeness (QED) is 0.669. The van der Waals surface area contributed by atoms with Gasteiger partial charge in [-0.05, 0) is 29.7 Å². The zero-order valence-electron chi connectivity index (χ0n) is 14.3. The van der Waals surface area contributed by atoms with Crippen molar-refractivity contribution in [3.8, 4) is 11.3 Å². The zero-order chi connectivity index (χ0) is 17.1. The summed E-state index contributed by atoms with van der Waals surface area (Å²) in [6.07, 6.45) is 5.82. The highest BCUT2D eigenvalue weighted by Crippen LogP contribution is 2.25. The molecule has 1 aliphatic rings. The normalized spacial score (nSPS) is 15.8. The molecule has 0 N–H and O–H groups in total. The Morgan fingerprint density at radius 3 is 2.40 bits per heavy atom. The van der Waals surface area contributed by atoms with E-state index >= 15 is 0 Å². The van der Waals surface area contributed by atoms with Gasteiger partial charge < -0.3 is 9.42 Å². The standard InChI is InChI=1S/C21H22N2O2/c24-21(23-12-6-2-1-3-7-13-23)19-15-20(25-22-19)18-11-10-16-8-4-5-9-17(16)14-18/h4-5,8-11,14-15H,1-3,6-7,12-13H2. The summed E-state index contributed by atoms with van der Waals surface area (Å²) in [4.78, 5) is 14.6. The van der Waals surface area contributed by atoms with E-state index in [4.69, 9.17) is 4.52 Å². The predicted octanol–water partition coefficient (Wildman–Crippen LogP) is 4.90. The number of aromatic nitrogens is 1. The van der Waals surface area contributed by atoms with Crippen LogP contribution in [0.3, 0.4) is 0 Å². The molecule has 4 heteroatoms. The minimum Gasteiger partial charge on any atom is -0.355 e. The summed E-state index contributed by atoms with van der Waals surface area (Å²) in [5.74, 6) is 0.624. The van der Waals surface area contributed by atoms with Gasteiger partial charge in [0.2, 0.25) is 0 Å². The fourth-order valence-corrected chi connectivity index (χ4v) is 3.47. The molecule has 0 aliphatic carbocycles. The molecule has 4 nitrogen and oxygen atoms in total. The number of benzene rings is 2. The molecule has 1 fully saturated rings. The van der Waals surface area contributed by atoms with Gasteiger partial charge in [0.15, 0.2) is 11.5 Å². The van der Waals surface area contributed by atoms with Gasteiger partial charge in [0.1, 0.15) is 0 Å². The Morgan fingerprint density at radius 1 is 0.880 bits per heavy atom. The molecule has 1 aliphatic heterocycles. The van der Waals surface area contributed by atoms with Crippen molar-refractivity contribution in [1.29, 1.82) is 0 Å². The monoisotopic (exact) mass is 334 g/mol. The highest BCUT2D eigenvalue weighted by molar-refractivity contribution is 5.93. The lowest BCUT2D eigenvalue weighted by Crippen LogP contribution is -2.33. The lowest BCUT2D eigenvalue weighted by Gasteiger charge is -2.23. The van der Waals surface area contributed by atoms with Crippen LogP contribution in [0.15, 0.2) is 53.1 Å². The fraction of sp³-hybridized carbons (Fsp3) is 0.333. The van der Waals surface area contributed by atoms with Crippen molar-refractivity contribution in [2.75, 3.05) is 13.1 Å². The van der Waals surface area contributed by atoms with E-state index < -0.39 is 0 Å². The lowest BCUT2D eigenvalue weighted by atomic mass is 10.1. The minimum absolute atomic E-state index is 0.0160. The molecule has 1 aromatic heterocycles. The van der Waals surface area contributed by atoms with Gasteiger partial charge in [-0.3, -0.25) is 4.79 Å². The summed E-state index contributed by atoms with van der Waals surface area (Å²) >= 11 is 0. The summed E-state index contributed by atoms with van der Waals surface area (Å²) in [6.45, 7) is 1.63. The average Bonchev–Trinajstić information content (AvgIpc) is 3.11. The molecular weight excluding hydrogens is 312 g/mol. The Labute approximate surface area is 147 Å². The number of nitrogens with zero attached hydrogens (tertiary/aromatic N) is 2. The van der Waals surface area contributed by atoms with Crippen molar-refractivity contribution < 1.29 is 9.32 Å². The number of hydrogen-bond donors (Lipinski definition) is 0. The van der Waals surface area contributed by atoms with Gasteiger partial charge in [0.25, 0.3) is 5.91 Å². The van der Waals surface area contributed by atoms with Gasteiger partial charge in [-0.2, -0.15) is 0 Å². The number of hydrogen-bond acceptors (Lipinski definition) is 3. The Morgan fingerprint density at radius 2 is 1.60 bits per heavy atom. The largest absolute Gasteiger partial charge is 0.355 e. The van der Waals surface area contributed by atoms with Crippen LogP contribution < -0.4 is 0 Å². The van der Waals surface area contributed by atoms with E-state index in [9.17, 15) is 4.79 Å². The molecule has 2 heterocycles. The first-order valence-corrected chi connectivity index (χ1v) is 9.06. The van der Waals surface area contributed by atoms with E-state index in [1.807, 2.05) is 23.1 Å². The van der Waals surface area contributed by atoms with Crippen LogP contribution >= 0.6 is 0 Å². The Bertz CT molecular complexity index is 876. The highest BCUT2D eigenvalue weighted by atomic mass is 16.5. The molecule has 0 atom stereocenters. The zero-order valence-corrected chi connectivity index (χ0v) is 14.3. The summed E-state index contributed by atoms with van der Waals surface area (Å²) in [6, 6.07) is 16.1. The average molecular weight is 334 g/mol. The third-order valence-electron chi connectivity index (χ3n) is 4.91. The van der Waals surface area contributed by atoms with Crippen LogP contribution in [0.2, 0.25) is 0 Å². The second-order valence-electron chi connectivity index (χ2n) is 6.70. The van der Waals surface area contributed by atoms with Crippen molar-refractivity contribution in [3.63, 3.8) is 0 Å². The number of carbonyl (C=O) groups excluding carboxylic acids is 1. The van der Waals surface area contributed by atoms with Crippen LogP contribution in [0.5, 0.6) is 0 Å². The Balaban J connectivity index is 1.56. The number of fused-ring (bicyclic) bond motifs is 1. The maximum Gasteiger partial charge on any atom is 0.276 e. The van der Waals surface area contributed by atoms with E-state index in [2.05, 4.69) is 29.4 Å². The summed E-state index contributed by atoms with van der Waals surface area (Å²) < 4.78 is 5.47. The van der Waals surface area contributed by atoms with E-state index in [0.717, 1.165) is 36.9 Å². The first-order chi connectivity index (χ1) is 12.3. The van der Waals surface area contributed by atoms with Gasteiger partial charge in [-0.15, -0.1) is 0 Å². The third-order valence-corrected chi connectivity index (χ3v) is 4.91. The van der Waals surface area contributed by atoms with Crippen molar-refractivity contribution in [2.24, 2.45) is 0 Å². The summed E-state index contributed by atoms with van der Waals surface area (Å²) in [5, 5.41) is 6.36. The molecule has 0 saturated carbocycles. The topological polar surface area (TPSA) is 46.3 Å². The molecular formula is C21H22N2O2. The van der Waals surface area contributed by atoms with Crippen molar-refractivity contribution in [1.82, 2.24) is 10.1 Å². The molecule has 0 spiro atoms. The smallest absolute Gasteiger partial charge is 0.276 e. The molecule has 0 unspecified atom stereocenters. The van der Waals surface area contributed by atoms with Gasteiger partial charge in [0.05, 0.1) is 0 Å². The maximum absolute atomic E-state index is 12.7. The number of carbonyl (C=O) groups is 1. The van der Waals surface area contributed by atoms with Crippen molar-refractivity contribution >= 4 is 16.7 Å². The van der Waals surface area contributed by atoms with Gasteiger partial charge in [-0.1, -0.05) is 60.8 Å². The molecule has 128 valence electrons. The highest BCUT2D eigenvalue weighted by Gasteiger charge is 2.21. The van der Waals surface area contributed by atoms with Gasteiger partial charge >= 0.3 is 0 Å². The lowest BCUT2D eigenvalue weighted by molar-refractivity contribution is 0.0732. The molecule has 3 aromatic rings. The van der Waals surface area contributed by atoms with Gasteiger partial charge in [0, 0.05) is 24.7 Å². The Kier molecular flexibility index (Phi) is 4.51. The number of amides is 1. The van der Waals surface area contributed by atoms with Crippen LogP contribution in [-0.2, 0) is 0 Å². The van der Waals surface area contributed by atoms with Crippen LogP contribution in [0.4, 0.5) is 0 Å². The SMILES string of the molecule is O=C(c1cc(-c2ccc3ccccc3c2)on1)N1CCCCCCC1. The second kappa shape index (κ2) is 7.09. The maximum atomic E-state index is 12.7. The molecule has 1 amide bonds. The van der Waals surface area contributed by atoms with Gasteiger partial charge in [-0.25, -0.2) is 0 Å². The molecule has 2 aromatic carbocycles. The van der Waals surface area contributed by atoms with Crippen molar-refractivity contribution in [3.05, 3.63) is 54.2 Å². The fourth-order valence-electron chi connectivity index (χ4n) is 3.47. The van der Waals surface area contributed by atoms with Crippen LogP contribution in [-0.4, -0.2) is 29.1 Å². The second-order valence-corrected chi connectivity index (χ2v) is 6.70. The third kappa shape index (κ3) is 3.43. The first kappa shape index (κ1) is 15.9. The van der Waals surface area contributed by atoms with E-state index in [1.165, 1.54) is 24.6 Å². The first-order valence-electron chi connectivity index (χ1n) is 9.06. The Hall–Kier alpha value is -2.62. The van der Waals surface area contributed by atoms with Crippen LogP contribution in [0.1, 0.15) is 42.6 Å².